The molecular weight excluding hydrogens is 228 g/mol. The third-order valence-electron chi connectivity index (χ3n) is 2.99. The lowest BCUT2D eigenvalue weighted by molar-refractivity contribution is 0.339. The highest BCUT2D eigenvalue weighted by molar-refractivity contribution is 7.99. The number of thioether (sulfide) groups is 1. The molecule has 1 heterocycles. The molecule has 2 aromatic carbocycles. The molecule has 1 atom stereocenters. The van der Waals surface area contributed by atoms with Gasteiger partial charge in [0.05, 0.1) is 6.61 Å². The molecule has 1 unspecified atom stereocenters. The molecule has 1 aliphatic rings. The van der Waals surface area contributed by atoms with Gasteiger partial charge in [0.25, 0.3) is 0 Å². The summed E-state index contributed by atoms with van der Waals surface area (Å²) < 4.78 is 5.69. The Balaban J connectivity index is 1.68. The smallest absolute Gasteiger partial charge is 0.122 e. The summed E-state index contributed by atoms with van der Waals surface area (Å²) in [4.78, 5) is 1.33. The maximum Gasteiger partial charge on any atom is 0.122 e. The predicted molar refractivity (Wildman–Crippen MR) is 71.8 cm³/mol. The van der Waals surface area contributed by atoms with Gasteiger partial charge in [-0.3, -0.25) is 0 Å². The standard InChI is InChI=1S/C15H14OS/c1-2-6-13(7-3-1)17-11-12-10-16-15-9-5-4-8-14(12)15/h1-9,12H,10-11H2. The van der Waals surface area contributed by atoms with Crippen LogP contribution in [0.1, 0.15) is 11.5 Å². The van der Waals surface area contributed by atoms with E-state index in [2.05, 4.69) is 48.5 Å². The van der Waals surface area contributed by atoms with Crippen LogP contribution in [-0.4, -0.2) is 12.4 Å². The lowest BCUT2D eigenvalue weighted by Gasteiger charge is -2.08. The fraction of sp³-hybridized carbons (Fsp3) is 0.200. The predicted octanol–water partition coefficient (Wildman–Crippen LogP) is 3.95. The summed E-state index contributed by atoms with van der Waals surface area (Å²) >= 11 is 1.90. The Morgan fingerprint density at radius 3 is 2.65 bits per heavy atom. The van der Waals surface area contributed by atoms with Crippen molar-refractivity contribution in [3.8, 4) is 5.75 Å². The van der Waals surface area contributed by atoms with Gasteiger partial charge in [-0.05, 0) is 18.2 Å². The monoisotopic (exact) mass is 242 g/mol. The van der Waals surface area contributed by atoms with E-state index in [1.807, 2.05) is 17.8 Å². The van der Waals surface area contributed by atoms with Gasteiger partial charge < -0.3 is 4.74 Å². The summed E-state index contributed by atoms with van der Waals surface area (Å²) in [6.07, 6.45) is 0. The largest absolute Gasteiger partial charge is 0.493 e. The van der Waals surface area contributed by atoms with Gasteiger partial charge in [0.15, 0.2) is 0 Å². The minimum Gasteiger partial charge on any atom is -0.493 e. The van der Waals surface area contributed by atoms with Crippen LogP contribution >= 0.6 is 11.8 Å². The van der Waals surface area contributed by atoms with Crippen molar-refractivity contribution in [2.24, 2.45) is 0 Å². The van der Waals surface area contributed by atoms with Crippen molar-refractivity contribution in [3.05, 3.63) is 60.2 Å². The van der Waals surface area contributed by atoms with Crippen molar-refractivity contribution in [2.45, 2.75) is 10.8 Å². The van der Waals surface area contributed by atoms with E-state index in [1.165, 1.54) is 10.5 Å². The van der Waals surface area contributed by atoms with E-state index in [4.69, 9.17) is 4.74 Å². The molecule has 86 valence electrons. The van der Waals surface area contributed by atoms with E-state index in [0.29, 0.717) is 5.92 Å². The number of benzene rings is 2. The average molecular weight is 242 g/mol. The molecule has 0 aromatic heterocycles. The molecule has 0 spiro atoms. The zero-order valence-electron chi connectivity index (χ0n) is 9.50. The molecular formula is C15H14OS. The fourth-order valence-electron chi connectivity index (χ4n) is 2.08. The van der Waals surface area contributed by atoms with Crippen LogP contribution in [0, 0.1) is 0 Å². The van der Waals surface area contributed by atoms with E-state index in [9.17, 15) is 0 Å². The normalized spacial score (nSPS) is 17.5. The van der Waals surface area contributed by atoms with E-state index >= 15 is 0 Å². The molecule has 3 rings (SSSR count). The Bertz CT molecular complexity index is 495. The maximum atomic E-state index is 5.69. The molecule has 2 heteroatoms. The lowest BCUT2D eigenvalue weighted by atomic mass is 10.0. The molecule has 0 bridgehead atoms. The van der Waals surface area contributed by atoms with E-state index in [1.54, 1.807) is 0 Å². The minimum atomic E-state index is 0.524. The van der Waals surface area contributed by atoms with E-state index in [0.717, 1.165) is 18.1 Å². The van der Waals surface area contributed by atoms with Gasteiger partial charge in [-0.1, -0.05) is 36.4 Å². The van der Waals surface area contributed by atoms with Crippen LogP contribution in [0.25, 0.3) is 0 Å². The molecule has 1 aliphatic heterocycles. The van der Waals surface area contributed by atoms with Crippen LogP contribution in [0.3, 0.4) is 0 Å². The Morgan fingerprint density at radius 2 is 1.76 bits per heavy atom. The maximum absolute atomic E-state index is 5.69. The summed E-state index contributed by atoms with van der Waals surface area (Å²) in [5, 5.41) is 0. The van der Waals surface area contributed by atoms with Gasteiger partial charge >= 0.3 is 0 Å². The quantitative estimate of drug-likeness (QED) is 0.754. The van der Waals surface area contributed by atoms with Crippen molar-refractivity contribution in [1.29, 1.82) is 0 Å². The van der Waals surface area contributed by atoms with Crippen LogP contribution in [-0.2, 0) is 0 Å². The second kappa shape index (κ2) is 4.84. The Morgan fingerprint density at radius 1 is 1.00 bits per heavy atom. The Hall–Kier alpha value is -1.41. The molecule has 0 N–H and O–H groups in total. The summed E-state index contributed by atoms with van der Waals surface area (Å²) in [5.41, 5.74) is 1.36. The summed E-state index contributed by atoms with van der Waals surface area (Å²) in [5.74, 6) is 2.67. The highest BCUT2D eigenvalue weighted by Gasteiger charge is 2.23. The first-order valence-corrected chi connectivity index (χ1v) is 6.81. The van der Waals surface area contributed by atoms with Crippen molar-refractivity contribution >= 4 is 11.8 Å². The molecule has 0 radical (unpaired) electrons. The highest BCUT2D eigenvalue weighted by atomic mass is 32.2. The molecule has 0 fully saturated rings. The third-order valence-corrected chi connectivity index (χ3v) is 4.17. The number of rotatable bonds is 3. The second-order valence-electron chi connectivity index (χ2n) is 4.17. The molecule has 2 aromatic rings. The first-order valence-electron chi connectivity index (χ1n) is 5.83. The highest BCUT2D eigenvalue weighted by Crippen LogP contribution is 2.36. The number of para-hydroxylation sites is 1. The van der Waals surface area contributed by atoms with Gasteiger partial charge in [-0.15, -0.1) is 11.8 Å². The molecule has 0 amide bonds. The zero-order valence-corrected chi connectivity index (χ0v) is 10.3. The SMILES string of the molecule is c1ccc(SCC2COc3ccccc32)cc1. The van der Waals surface area contributed by atoms with Gasteiger partial charge in [-0.25, -0.2) is 0 Å². The van der Waals surface area contributed by atoms with Crippen LogP contribution in [0.15, 0.2) is 59.5 Å². The third kappa shape index (κ3) is 2.32. The number of hydrogen-bond donors (Lipinski definition) is 0. The number of fused-ring (bicyclic) bond motifs is 1. The topological polar surface area (TPSA) is 9.23 Å². The van der Waals surface area contributed by atoms with E-state index < -0.39 is 0 Å². The zero-order chi connectivity index (χ0) is 11.5. The van der Waals surface area contributed by atoms with Crippen molar-refractivity contribution in [1.82, 2.24) is 0 Å². The Kier molecular flexibility index (Phi) is 3.06. The van der Waals surface area contributed by atoms with Gasteiger partial charge in [0.1, 0.15) is 5.75 Å². The summed E-state index contributed by atoms with van der Waals surface area (Å²) in [6, 6.07) is 18.9. The summed E-state index contributed by atoms with van der Waals surface area (Å²) in [7, 11) is 0. The van der Waals surface area contributed by atoms with Crippen molar-refractivity contribution in [2.75, 3.05) is 12.4 Å². The van der Waals surface area contributed by atoms with Crippen LogP contribution in [0.2, 0.25) is 0 Å². The molecule has 1 nitrogen and oxygen atoms in total. The molecule has 0 saturated heterocycles. The minimum absolute atomic E-state index is 0.524. The van der Waals surface area contributed by atoms with Crippen LogP contribution in [0.4, 0.5) is 0 Å². The number of ether oxygens (including phenoxy) is 1. The fourth-order valence-corrected chi connectivity index (χ4v) is 3.10. The second-order valence-corrected chi connectivity index (χ2v) is 5.26. The van der Waals surface area contributed by atoms with Crippen LogP contribution in [0.5, 0.6) is 5.75 Å². The van der Waals surface area contributed by atoms with Gasteiger partial charge in [0, 0.05) is 22.1 Å². The molecule has 0 aliphatic carbocycles. The van der Waals surface area contributed by atoms with E-state index in [-0.39, 0.29) is 0 Å². The summed E-state index contributed by atoms with van der Waals surface area (Å²) in [6.45, 7) is 0.819. The average Bonchev–Trinajstić information content (AvgIpc) is 2.81. The molecule has 0 saturated carbocycles. The van der Waals surface area contributed by atoms with Crippen molar-refractivity contribution < 1.29 is 4.74 Å². The first-order chi connectivity index (χ1) is 8.43. The van der Waals surface area contributed by atoms with Crippen molar-refractivity contribution in [3.63, 3.8) is 0 Å². The Labute approximate surface area is 106 Å². The van der Waals surface area contributed by atoms with Gasteiger partial charge in [0.2, 0.25) is 0 Å². The number of hydrogen-bond acceptors (Lipinski definition) is 2. The molecule has 17 heavy (non-hydrogen) atoms. The van der Waals surface area contributed by atoms with Crippen LogP contribution < -0.4 is 4.74 Å². The first kappa shape index (κ1) is 10.7. The van der Waals surface area contributed by atoms with Gasteiger partial charge in [-0.2, -0.15) is 0 Å². The lowest BCUT2D eigenvalue weighted by Crippen LogP contribution is -2.03.